The largest absolute Gasteiger partial charge is 0.496 e. The summed E-state index contributed by atoms with van der Waals surface area (Å²) in [6.45, 7) is 3.99. The number of hydrogen-bond acceptors (Lipinski definition) is 5. The summed E-state index contributed by atoms with van der Waals surface area (Å²) >= 11 is 0. The van der Waals surface area contributed by atoms with Crippen molar-refractivity contribution in [2.24, 2.45) is 5.92 Å². The van der Waals surface area contributed by atoms with E-state index in [-0.39, 0.29) is 24.4 Å². The van der Waals surface area contributed by atoms with E-state index in [1.165, 1.54) is 17.7 Å². The second-order valence-electron chi connectivity index (χ2n) is 8.51. The predicted octanol–water partition coefficient (Wildman–Crippen LogP) is 3.39. The Morgan fingerprint density at radius 3 is 2.61 bits per heavy atom. The number of aliphatic hydroxyl groups is 1. The third-order valence-corrected chi connectivity index (χ3v) is 6.85. The van der Waals surface area contributed by atoms with Crippen LogP contribution in [0.4, 0.5) is 4.39 Å². The zero-order valence-electron chi connectivity index (χ0n) is 18.1. The molecule has 2 aliphatic heterocycles. The van der Waals surface area contributed by atoms with Crippen LogP contribution in [0.1, 0.15) is 24.0 Å². The molecule has 2 fully saturated rings. The van der Waals surface area contributed by atoms with Gasteiger partial charge in [0.25, 0.3) is 0 Å². The first-order chi connectivity index (χ1) is 15.2. The van der Waals surface area contributed by atoms with Crippen LogP contribution in [0.25, 0.3) is 0 Å². The van der Waals surface area contributed by atoms with Crippen molar-refractivity contribution in [1.82, 2.24) is 4.90 Å². The number of ether oxygens (including phenoxy) is 3. The van der Waals surface area contributed by atoms with Gasteiger partial charge in [-0.25, -0.2) is 4.39 Å². The predicted molar refractivity (Wildman–Crippen MR) is 117 cm³/mol. The normalized spacial score (nSPS) is 22.7. The number of rotatable bonds is 7. The Bertz CT molecular complexity index is 843. The molecule has 31 heavy (non-hydrogen) atoms. The Morgan fingerprint density at radius 2 is 1.90 bits per heavy atom. The molecule has 0 spiro atoms. The van der Waals surface area contributed by atoms with Gasteiger partial charge in [-0.05, 0) is 42.5 Å². The van der Waals surface area contributed by atoms with E-state index in [2.05, 4.69) is 17.0 Å². The Kier molecular flexibility index (Phi) is 7.23. The van der Waals surface area contributed by atoms with E-state index >= 15 is 0 Å². The minimum atomic E-state index is -0.771. The van der Waals surface area contributed by atoms with Gasteiger partial charge in [0.15, 0.2) is 0 Å². The van der Waals surface area contributed by atoms with Crippen molar-refractivity contribution in [1.29, 1.82) is 0 Å². The molecule has 4 rings (SSSR count). The molecule has 2 aromatic carbocycles. The van der Waals surface area contributed by atoms with Gasteiger partial charge in [-0.3, -0.25) is 4.90 Å². The summed E-state index contributed by atoms with van der Waals surface area (Å²) in [6.07, 6.45) is 1.30. The summed E-state index contributed by atoms with van der Waals surface area (Å²) in [7, 11) is 1.59. The van der Waals surface area contributed by atoms with Crippen LogP contribution in [0, 0.1) is 11.7 Å². The highest BCUT2D eigenvalue weighted by Crippen LogP contribution is 2.46. The fourth-order valence-corrected chi connectivity index (χ4v) is 5.23. The van der Waals surface area contributed by atoms with E-state index in [4.69, 9.17) is 14.2 Å². The Labute approximate surface area is 183 Å². The highest BCUT2D eigenvalue weighted by atomic mass is 19.1. The van der Waals surface area contributed by atoms with Crippen LogP contribution in [0.15, 0.2) is 48.5 Å². The van der Waals surface area contributed by atoms with E-state index in [9.17, 15) is 9.50 Å². The van der Waals surface area contributed by atoms with Gasteiger partial charge in [-0.15, -0.1) is 0 Å². The molecule has 0 amide bonds. The average molecular weight is 430 g/mol. The molecule has 0 aliphatic carbocycles. The monoisotopic (exact) mass is 429 g/mol. The molecular weight excluding hydrogens is 397 g/mol. The maximum atomic E-state index is 14.4. The van der Waals surface area contributed by atoms with Gasteiger partial charge in [0, 0.05) is 38.4 Å². The summed E-state index contributed by atoms with van der Waals surface area (Å²) in [5.74, 6) is 0.354. The van der Waals surface area contributed by atoms with E-state index in [1.807, 2.05) is 18.2 Å². The van der Waals surface area contributed by atoms with Crippen molar-refractivity contribution in [3.8, 4) is 5.75 Å². The number of nitrogens with zero attached hydrogens (tertiary/aromatic N) is 1. The van der Waals surface area contributed by atoms with E-state index < -0.39 is 5.41 Å². The van der Waals surface area contributed by atoms with Crippen molar-refractivity contribution in [3.05, 3.63) is 65.5 Å². The van der Waals surface area contributed by atoms with Gasteiger partial charge < -0.3 is 19.3 Å². The standard InChI is InChI=1S/C25H32FNO4/c1-29-23-8-7-21(26)15-22(23)25(18-28,20-9-12-30-13-10-20)24-17-27(11-14-31-24)16-19-5-3-2-4-6-19/h2-8,15,20,24,28H,9-14,16-18H2,1H3. The van der Waals surface area contributed by atoms with Crippen LogP contribution < -0.4 is 4.74 Å². The SMILES string of the molecule is COc1ccc(F)cc1C(CO)(C1CCOCC1)C1CN(Cc2ccccc2)CCO1. The van der Waals surface area contributed by atoms with Crippen LogP contribution >= 0.6 is 0 Å². The lowest BCUT2D eigenvalue weighted by Gasteiger charge is -2.50. The summed E-state index contributed by atoms with van der Waals surface area (Å²) in [5.41, 5.74) is 1.16. The highest BCUT2D eigenvalue weighted by Gasteiger charge is 2.50. The first-order valence-corrected chi connectivity index (χ1v) is 11.1. The average Bonchev–Trinajstić information content (AvgIpc) is 2.82. The zero-order chi connectivity index (χ0) is 21.7. The molecule has 2 saturated heterocycles. The Hall–Kier alpha value is -1.99. The Balaban J connectivity index is 1.71. The number of hydrogen-bond donors (Lipinski definition) is 1. The lowest BCUT2D eigenvalue weighted by atomic mass is 9.63. The number of benzene rings is 2. The molecule has 168 valence electrons. The Morgan fingerprint density at radius 1 is 1.13 bits per heavy atom. The van der Waals surface area contributed by atoms with Crippen LogP contribution in [0.5, 0.6) is 5.75 Å². The zero-order valence-corrected chi connectivity index (χ0v) is 18.1. The molecule has 2 aromatic rings. The van der Waals surface area contributed by atoms with Gasteiger partial charge >= 0.3 is 0 Å². The summed E-state index contributed by atoms with van der Waals surface area (Å²) in [5, 5.41) is 10.9. The molecule has 2 heterocycles. The fourth-order valence-electron chi connectivity index (χ4n) is 5.23. The summed E-state index contributed by atoms with van der Waals surface area (Å²) < 4.78 is 32.0. The highest BCUT2D eigenvalue weighted by molar-refractivity contribution is 5.42. The van der Waals surface area contributed by atoms with Crippen molar-refractivity contribution < 1.29 is 23.7 Å². The first kappa shape index (κ1) is 22.2. The van der Waals surface area contributed by atoms with Crippen LogP contribution in [0.2, 0.25) is 0 Å². The quantitative estimate of drug-likeness (QED) is 0.731. The maximum Gasteiger partial charge on any atom is 0.123 e. The number of halogens is 1. The minimum Gasteiger partial charge on any atom is -0.496 e. The lowest BCUT2D eigenvalue weighted by Crippen LogP contribution is -2.58. The molecule has 2 atom stereocenters. The molecule has 0 radical (unpaired) electrons. The summed E-state index contributed by atoms with van der Waals surface area (Å²) in [4.78, 5) is 2.36. The fraction of sp³-hybridized carbons (Fsp3) is 0.520. The molecule has 5 nitrogen and oxygen atoms in total. The smallest absolute Gasteiger partial charge is 0.123 e. The van der Waals surface area contributed by atoms with Gasteiger partial charge in [0.05, 0.1) is 31.8 Å². The molecule has 2 aliphatic rings. The molecule has 0 saturated carbocycles. The van der Waals surface area contributed by atoms with Crippen molar-refractivity contribution in [2.75, 3.05) is 46.6 Å². The van der Waals surface area contributed by atoms with Crippen LogP contribution in [-0.2, 0) is 21.4 Å². The lowest BCUT2D eigenvalue weighted by molar-refractivity contribution is -0.114. The third kappa shape index (κ3) is 4.62. The summed E-state index contributed by atoms with van der Waals surface area (Å²) in [6, 6.07) is 14.9. The molecular formula is C25H32FNO4. The van der Waals surface area contributed by atoms with Gasteiger partial charge in [0.2, 0.25) is 0 Å². The molecule has 6 heteroatoms. The van der Waals surface area contributed by atoms with Gasteiger partial charge in [-0.2, -0.15) is 0 Å². The van der Waals surface area contributed by atoms with Crippen LogP contribution in [0.3, 0.4) is 0 Å². The minimum absolute atomic E-state index is 0.101. The molecule has 2 unspecified atom stereocenters. The molecule has 1 N–H and O–H groups in total. The van der Waals surface area contributed by atoms with Crippen LogP contribution in [-0.4, -0.2) is 62.7 Å². The first-order valence-electron chi connectivity index (χ1n) is 11.1. The van der Waals surface area contributed by atoms with Crippen molar-refractivity contribution in [3.63, 3.8) is 0 Å². The number of morpholine rings is 1. The topological polar surface area (TPSA) is 51.2 Å². The van der Waals surface area contributed by atoms with Crippen molar-refractivity contribution in [2.45, 2.75) is 30.9 Å². The van der Waals surface area contributed by atoms with Crippen molar-refractivity contribution >= 4 is 0 Å². The van der Waals surface area contributed by atoms with E-state index in [1.54, 1.807) is 13.2 Å². The third-order valence-electron chi connectivity index (χ3n) is 6.85. The number of aliphatic hydroxyl groups excluding tert-OH is 1. The van der Waals surface area contributed by atoms with Gasteiger partial charge in [0.1, 0.15) is 11.6 Å². The second-order valence-corrected chi connectivity index (χ2v) is 8.51. The van der Waals surface area contributed by atoms with E-state index in [0.29, 0.717) is 37.7 Å². The maximum absolute atomic E-state index is 14.4. The van der Waals surface area contributed by atoms with Gasteiger partial charge in [-0.1, -0.05) is 30.3 Å². The number of methoxy groups -OCH3 is 1. The molecule has 0 bridgehead atoms. The second kappa shape index (κ2) is 10.1. The molecule has 0 aromatic heterocycles. The van der Waals surface area contributed by atoms with E-state index in [0.717, 1.165) is 25.9 Å².